The second-order valence-electron chi connectivity index (χ2n) is 4.21. The van der Waals surface area contributed by atoms with Gasteiger partial charge < -0.3 is 0 Å². The molecule has 0 amide bonds. The molecular formula is C14H10N4O2S. The van der Waals surface area contributed by atoms with Crippen LogP contribution in [0.1, 0.15) is 10.6 Å². The first-order valence-electron chi connectivity index (χ1n) is 6.11. The van der Waals surface area contributed by atoms with Gasteiger partial charge in [-0.15, -0.1) is 16.4 Å². The molecule has 7 heteroatoms. The maximum atomic E-state index is 10.6. The molecule has 0 aliphatic carbocycles. The van der Waals surface area contributed by atoms with Gasteiger partial charge in [-0.05, 0) is 35.7 Å². The Hall–Kier alpha value is -2.80. The lowest BCUT2D eigenvalue weighted by Gasteiger charge is -1.98. The van der Waals surface area contributed by atoms with Gasteiger partial charge in [0.2, 0.25) is 0 Å². The maximum absolute atomic E-state index is 10.6. The number of nitro benzene ring substituents is 1. The molecule has 3 rings (SSSR count). The smallest absolute Gasteiger partial charge is 0.258 e. The van der Waals surface area contributed by atoms with Crippen LogP contribution in [0.25, 0.3) is 17.8 Å². The van der Waals surface area contributed by atoms with E-state index in [2.05, 4.69) is 10.3 Å². The molecular weight excluding hydrogens is 288 g/mol. The molecule has 104 valence electrons. The molecule has 21 heavy (non-hydrogen) atoms. The number of benzene rings is 1. The zero-order valence-electron chi connectivity index (χ0n) is 10.8. The topological polar surface area (TPSA) is 73.8 Å². The zero-order valence-corrected chi connectivity index (χ0v) is 11.6. The second-order valence-corrected chi connectivity index (χ2v) is 5.19. The summed E-state index contributed by atoms with van der Waals surface area (Å²) < 4.78 is 1.58. The van der Waals surface area contributed by atoms with Gasteiger partial charge in [0.25, 0.3) is 5.69 Å². The second kappa shape index (κ2) is 5.68. The first-order valence-corrected chi connectivity index (χ1v) is 6.99. The number of hydrogen-bond donors (Lipinski definition) is 0. The molecule has 2 heterocycles. The van der Waals surface area contributed by atoms with E-state index in [0.717, 1.165) is 16.3 Å². The van der Waals surface area contributed by atoms with Gasteiger partial charge in [0.15, 0.2) is 0 Å². The molecule has 1 aromatic carbocycles. The van der Waals surface area contributed by atoms with E-state index in [1.165, 1.54) is 12.1 Å². The fourth-order valence-electron chi connectivity index (χ4n) is 1.76. The van der Waals surface area contributed by atoms with Crippen LogP contribution in [0, 0.1) is 10.1 Å². The SMILES string of the molecule is O=[N+]([O-])c1ccc(-n2cc(/C=C\c3cccs3)nn2)cc1. The minimum atomic E-state index is -0.430. The van der Waals surface area contributed by atoms with Gasteiger partial charge in [-0.3, -0.25) is 10.1 Å². The van der Waals surface area contributed by atoms with Gasteiger partial charge in [0, 0.05) is 17.0 Å². The molecule has 3 aromatic rings. The van der Waals surface area contributed by atoms with Crippen molar-refractivity contribution in [3.05, 3.63) is 68.7 Å². The zero-order chi connectivity index (χ0) is 14.7. The highest BCUT2D eigenvalue weighted by Gasteiger charge is 2.06. The molecule has 0 N–H and O–H groups in total. The Bertz CT molecular complexity index is 776. The Kier molecular flexibility index (Phi) is 3.57. The van der Waals surface area contributed by atoms with Crippen molar-refractivity contribution < 1.29 is 4.92 Å². The number of thiophene rings is 1. The summed E-state index contributed by atoms with van der Waals surface area (Å²) in [7, 11) is 0. The molecule has 0 bridgehead atoms. The molecule has 0 fully saturated rings. The summed E-state index contributed by atoms with van der Waals surface area (Å²) in [6.07, 6.45) is 5.61. The summed E-state index contributed by atoms with van der Waals surface area (Å²) in [4.78, 5) is 11.3. The van der Waals surface area contributed by atoms with Crippen LogP contribution in [0.2, 0.25) is 0 Å². The molecule has 0 saturated carbocycles. The van der Waals surface area contributed by atoms with Crippen molar-refractivity contribution in [2.45, 2.75) is 0 Å². The van der Waals surface area contributed by atoms with E-state index in [4.69, 9.17) is 0 Å². The van der Waals surface area contributed by atoms with E-state index < -0.39 is 4.92 Å². The van der Waals surface area contributed by atoms with Gasteiger partial charge in [-0.25, -0.2) is 4.68 Å². The van der Waals surface area contributed by atoms with Crippen LogP contribution in [-0.4, -0.2) is 19.9 Å². The lowest BCUT2D eigenvalue weighted by atomic mass is 10.3. The Morgan fingerprint density at radius 3 is 2.67 bits per heavy atom. The fourth-order valence-corrected chi connectivity index (χ4v) is 2.38. The number of nitrogens with zero attached hydrogens (tertiary/aromatic N) is 4. The predicted octanol–water partition coefficient (Wildman–Crippen LogP) is 3.41. The van der Waals surface area contributed by atoms with Gasteiger partial charge >= 0.3 is 0 Å². The van der Waals surface area contributed by atoms with Crippen LogP contribution in [0.15, 0.2) is 48.0 Å². The van der Waals surface area contributed by atoms with Crippen molar-refractivity contribution >= 4 is 29.2 Å². The van der Waals surface area contributed by atoms with Crippen LogP contribution in [0.4, 0.5) is 5.69 Å². The standard InChI is InChI=1S/C14H10N4O2S/c19-18(20)13-6-4-12(5-7-13)17-10-11(15-16-17)3-8-14-2-1-9-21-14/h1-10H/b8-3-. The Labute approximate surface area is 124 Å². The Balaban J connectivity index is 1.79. The van der Waals surface area contributed by atoms with Gasteiger partial charge in [-0.2, -0.15) is 0 Å². The molecule has 0 radical (unpaired) electrons. The van der Waals surface area contributed by atoms with Crippen LogP contribution in [0.3, 0.4) is 0 Å². The Morgan fingerprint density at radius 1 is 1.19 bits per heavy atom. The minimum Gasteiger partial charge on any atom is -0.258 e. The molecule has 0 aliphatic heterocycles. The van der Waals surface area contributed by atoms with Crippen molar-refractivity contribution in [1.29, 1.82) is 0 Å². The first kappa shape index (κ1) is 13.2. The lowest BCUT2D eigenvalue weighted by molar-refractivity contribution is -0.384. The highest BCUT2D eigenvalue weighted by atomic mass is 32.1. The van der Waals surface area contributed by atoms with Crippen LogP contribution in [-0.2, 0) is 0 Å². The Morgan fingerprint density at radius 2 is 2.00 bits per heavy atom. The predicted molar refractivity (Wildman–Crippen MR) is 81.3 cm³/mol. The van der Waals surface area contributed by atoms with E-state index >= 15 is 0 Å². The summed E-state index contributed by atoms with van der Waals surface area (Å²) in [5.41, 5.74) is 1.50. The van der Waals surface area contributed by atoms with Crippen LogP contribution >= 0.6 is 11.3 Å². The molecule has 0 spiro atoms. The van der Waals surface area contributed by atoms with Gasteiger partial charge in [0.1, 0.15) is 5.69 Å². The molecule has 0 saturated heterocycles. The van der Waals surface area contributed by atoms with E-state index in [0.29, 0.717) is 0 Å². The minimum absolute atomic E-state index is 0.0525. The summed E-state index contributed by atoms with van der Waals surface area (Å²) in [5, 5.41) is 20.7. The monoisotopic (exact) mass is 298 g/mol. The molecule has 2 aromatic heterocycles. The fraction of sp³-hybridized carbons (Fsp3) is 0. The van der Waals surface area contributed by atoms with E-state index in [1.807, 2.05) is 29.7 Å². The number of nitro groups is 1. The van der Waals surface area contributed by atoms with Crippen LogP contribution in [0.5, 0.6) is 0 Å². The van der Waals surface area contributed by atoms with E-state index in [9.17, 15) is 10.1 Å². The quantitative estimate of drug-likeness (QED) is 0.546. The van der Waals surface area contributed by atoms with E-state index in [-0.39, 0.29) is 5.69 Å². The molecule has 0 atom stereocenters. The third-order valence-corrected chi connectivity index (χ3v) is 3.64. The summed E-state index contributed by atoms with van der Waals surface area (Å²) in [6.45, 7) is 0. The van der Waals surface area contributed by atoms with Crippen molar-refractivity contribution in [2.24, 2.45) is 0 Å². The van der Waals surface area contributed by atoms with Gasteiger partial charge in [0.05, 0.1) is 16.8 Å². The number of non-ortho nitro benzene ring substituents is 1. The maximum Gasteiger partial charge on any atom is 0.269 e. The van der Waals surface area contributed by atoms with Gasteiger partial charge in [-0.1, -0.05) is 11.3 Å². The molecule has 0 unspecified atom stereocenters. The summed E-state index contributed by atoms with van der Waals surface area (Å²) >= 11 is 1.64. The number of aromatic nitrogens is 3. The third kappa shape index (κ3) is 3.03. The number of rotatable bonds is 4. The number of hydrogen-bond acceptors (Lipinski definition) is 5. The average Bonchev–Trinajstić information content (AvgIpc) is 3.17. The summed E-state index contributed by atoms with van der Waals surface area (Å²) in [5.74, 6) is 0. The highest BCUT2D eigenvalue weighted by Crippen LogP contribution is 2.16. The van der Waals surface area contributed by atoms with Crippen molar-refractivity contribution in [1.82, 2.24) is 15.0 Å². The lowest BCUT2D eigenvalue weighted by Crippen LogP contribution is -1.95. The van der Waals surface area contributed by atoms with Crippen molar-refractivity contribution in [3.8, 4) is 5.69 Å². The van der Waals surface area contributed by atoms with Crippen molar-refractivity contribution in [3.63, 3.8) is 0 Å². The third-order valence-electron chi connectivity index (χ3n) is 2.80. The molecule has 0 aliphatic rings. The first-order chi connectivity index (χ1) is 10.2. The van der Waals surface area contributed by atoms with Crippen LogP contribution < -0.4 is 0 Å². The van der Waals surface area contributed by atoms with E-state index in [1.54, 1.807) is 34.3 Å². The highest BCUT2D eigenvalue weighted by molar-refractivity contribution is 7.10. The summed E-state index contributed by atoms with van der Waals surface area (Å²) in [6, 6.07) is 10.2. The average molecular weight is 298 g/mol. The normalized spacial score (nSPS) is 11.0. The van der Waals surface area contributed by atoms with Crippen molar-refractivity contribution in [2.75, 3.05) is 0 Å². The molecule has 6 nitrogen and oxygen atoms in total. The largest absolute Gasteiger partial charge is 0.269 e.